The zero-order valence-corrected chi connectivity index (χ0v) is 18.0. The molecular formula is C22H18BrN3O2S. The average Bonchev–Trinajstić information content (AvgIpc) is 3.16. The van der Waals surface area contributed by atoms with Crippen LogP contribution in [0, 0.1) is 0 Å². The van der Waals surface area contributed by atoms with Gasteiger partial charge in [-0.15, -0.1) is 0 Å². The molecule has 0 atom stereocenters. The lowest BCUT2D eigenvalue weighted by atomic mass is 10.2. The summed E-state index contributed by atoms with van der Waals surface area (Å²) in [6.45, 7) is 0.468. The predicted molar refractivity (Wildman–Crippen MR) is 122 cm³/mol. The molecule has 0 saturated heterocycles. The van der Waals surface area contributed by atoms with Crippen LogP contribution in [0.1, 0.15) is 11.1 Å². The Morgan fingerprint density at radius 2 is 1.90 bits per heavy atom. The Balaban J connectivity index is 1.41. The van der Waals surface area contributed by atoms with Crippen LogP contribution in [0.5, 0.6) is 11.5 Å². The zero-order valence-electron chi connectivity index (χ0n) is 15.6. The van der Waals surface area contributed by atoms with Gasteiger partial charge in [0.1, 0.15) is 6.61 Å². The highest BCUT2D eigenvalue weighted by atomic mass is 79.9. The molecular weight excluding hydrogens is 450 g/mol. The van der Waals surface area contributed by atoms with E-state index in [1.165, 1.54) is 0 Å². The van der Waals surface area contributed by atoms with Crippen LogP contribution in [0.25, 0.3) is 10.2 Å². The third kappa shape index (κ3) is 4.93. The van der Waals surface area contributed by atoms with Crippen LogP contribution in [-0.4, -0.2) is 18.3 Å². The van der Waals surface area contributed by atoms with Crippen LogP contribution in [0.2, 0.25) is 0 Å². The highest BCUT2D eigenvalue weighted by Gasteiger charge is 2.06. The molecule has 0 fully saturated rings. The summed E-state index contributed by atoms with van der Waals surface area (Å²) in [5.41, 5.74) is 5.93. The molecule has 0 spiro atoms. The fourth-order valence-electron chi connectivity index (χ4n) is 2.71. The topological polar surface area (TPSA) is 55.7 Å². The molecule has 4 aromatic rings. The summed E-state index contributed by atoms with van der Waals surface area (Å²) >= 11 is 5.00. The van der Waals surface area contributed by atoms with E-state index in [0.29, 0.717) is 18.1 Å². The van der Waals surface area contributed by atoms with Gasteiger partial charge in [0.15, 0.2) is 11.5 Å². The van der Waals surface area contributed by atoms with Crippen molar-refractivity contribution in [2.24, 2.45) is 5.10 Å². The lowest BCUT2D eigenvalue weighted by Crippen LogP contribution is -1.98. The van der Waals surface area contributed by atoms with Crippen LogP contribution in [0.4, 0.5) is 5.13 Å². The lowest BCUT2D eigenvalue weighted by molar-refractivity contribution is 0.284. The number of methoxy groups -OCH3 is 1. The normalized spacial score (nSPS) is 11.1. The molecule has 1 heterocycles. The number of aromatic nitrogens is 1. The van der Waals surface area contributed by atoms with Gasteiger partial charge in [0.05, 0.1) is 23.5 Å². The van der Waals surface area contributed by atoms with E-state index in [1.807, 2.05) is 66.7 Å². The van der Waals surface area contributed by atoms with Crippen LogP contribution in [0.15, 0.2) is 76.3 Å². The predicted octanol–water partition coefficient (Wildman–Crippen LogP) is 6.09. The van der Waals surface area contributed by atoms with Crippen molar-refractivity contribution in [3.8, 4) is 11.5 Å². The molecule has 0 aliphatic carbocycles. The maximum atomic E-state index is 5.91. The molecule has 0 amide bonds. The van der Waals surface area contributed by atoms with Crippen molar-refractivity contribution in [1.82, 2.24) is 4.98 Å². The van der Waals surface area contributed by atoms with Crippen LogP contribution in [0.3, 0.4) is 0 Å². The minimum atomic E-state index is 0.468. The standard InChI is InChI=1S/C22H18BrN3O2S/c1-27-20-12-16(8-11-19(20)28-14-15-6-9-17(23)10-7-15)13-24-26-22-25-18-4-2-3-5-21(18)29-22/h2-13H,14H2,1H3,(H,25,26)/b24-13-. The summed E-state index contributed by atoms with van der Waals surface area (Å²) in [5, 5.41) is 5.04. The molecule has 29 heavy (non-hydrogen) atoms. The first kappa shape index (κ1) is 19.4. The van der Waals surface area contributed by atoms with E-state index in [0.717, 1.165) is 30.9 Å². The number of nitrogens with zero attached hydrogens (tertiary/aromatic N) is 2. The number of halogens is 1. The molecule has 1 aromatic heterocycles. The number of para-hydroxylation sites is 1. The zero-order chi connectivity index (χ0) is 20.1. The molecule has 0 unspecified atom stereocenters. The second kappa shape index (κ2) is 9.07. The average molecular weight is 468 g/mol. The first-order valence-corrected chi connectivity index (χ1v) is 10.5. The third-order valence-electron chi connectivity index (χ3n) is 4.16. The minimum absolute atomic E-state index is 0.468. The number of nitrogens with one attached hydrogen (secondary N) is 1. The maximum Gasteiger partial charge on any atom is 0.204 e. The Morgan fingerprint density at radius 3 is 2.69 bits per heavy atom. The van der Waals surface area contributed by atoms with Gasteiger partial charge in [0.25, 0.3) is 0 Å². The van der Waals surface area contributed by atoms with E-state index < -0.39 is 0 Å². The Labute approximate surface area is 181 Å². The van der Waals surface area contributed by atoms with E-state index in [2.05, 4.69) is 31.4 Å². The van der Waals surface area contributed by atoms with E-state index in [4.69, 9.17) is 9.47 Å². The van der Waals surface area contributed by atoms with Crippen LogP contribution in [-0.2, 0) is 6.61 Å². The van der Waals surface area contributed by atoms with Crippen molar-refractivity contribution in [2.45, 2.75) is 6.61 Å². The van der Waals surface area contributed by atoms with E-state index in [9.17, 15) is 0 Å². The number of thiazole rings is 1. The van der Waals surface area contributed by atoms with Crippen LogP contribution >= 0.6 is 27.3 Å². The second-order valence-electron chi connectivity index (χ2n) is 6.18. The van der Waals surface area contributed by atoms with Gasteiger partial charge < -0.3 is 9.47 Å². The smallest absolute Gasteiger partial charge is 0.204 e. The molecule has 0 aliphatic rings. The van der Waals surface area contributed by atoms with Crippen molar-refractivity contribution in [2.75, 3.05) is 12.5 Å². The van der Waals surface area contributed by atoms with Gasteiger partial charge in [-0.25, -0.2) is 4.98 Å². The number of fused-ring (bicyclic) bond motifs is 1. The van der Waals surface area contributed by atoms with Crippen molar-refractivity contribution in [3.05, 3.63) is 82.3 Å². The number of ether oxygens (including phenoxy) is 2. The van der Waals surface area contributed by atoms with Gasteiger partial charge in [0.2, 0.25) is 5.13 Å². The molecule has 0 bridgehead atoms. The fourth-order valence-corrected chi connectivity index (χ4v) is 3.79. The van der Waals surface area contributed by atoms with E-state index in [-0.39, 0.29) is 0 Å². The van der Waals surface area contributed by atoms with Gasteiger partial charge in [-0.1, -0.05) is 51.5 Å². The minimum Gasteiger partial charge on any atom is -0.493 e. The number of hydrogen-bond donors (Lipinski definition) is 1. The number of hydrogen-bond acceptors (Lipinski definition) is 6. The monoisotopic (exact) mass is 467 g/mol. The van der Waals surface area contributed by atoms with E-state index in [1.54, 1.807) is 24.7 Å². The number of rotatable bonds is 7. The van der Waals surface area contributed by atoms with Gasteiger partial charge in [0, 0.05) is 4.47 Å². The summed E-state index contributed by atoms with van der Waals surface area (Å²) in [6.07, 6.45) is 1.73. The quantitative estimate of drug-likeness (QED) is 0.263. The van der Waals surface area contributed by atoms with Gasteiger partial charge in [-0.05, 0) is 53.6 Å². The summed E-state index contributed by atoms with van der Waals surface area (Å²) in [6, 6.07) is 21.7. The van der Waals surface area contributed by atoms with E-state index >= 15 is 0 Å². The molecule has 5 nitrogen and oxygen atoms in total. The highest BCUT2D eigenvalue weighted by Crippen LogP contribution is 2.29. The first-order valence-electron chi connectivity index (χ1n) is 8.91. The van der Waals surface area contributed by atoms with Crippen molar-refractivity contribution in [3.63, 3.8) is 0 Å². The number of anilines is 1. The summed E-state index contributed by atoms with van der Waals surface area (Å²) < 4.78 is 13.5. The number of hydrazone groups is 1. The summed E-state index contributed by atoms with van der Waals surface area (Å²) in [5.74, 6) is 1.35. The Morgan fingerprint density at radius 1 is 1.07 bits per heavy atom. The fraction of sp³-hybridized carbons (Fsp3) is 0.0909. The second-order valence-corrected chi connectivity index (χ2v) is 8.13. The van der Waals surface area contributed by atoms with Crippen molar-refractivity contribution >= 4 is 48.8 Å². The highest BCUT2D eigenvalue weighted by molar-refractivity contribution is 9.10. The molecule has 7 heteroatoms. The summed E-state index contributed by atoms with van der Waals surface area (Å²) in [7, 11) is 1.63. The van der Waals surface area contributed by atoms with Crippen LogP contribution < -0.4 is 14.9 Å². The molecule has 1 N–H and O–H groups in total. The molecule has 0 radical (unpaired) electrons. The van der Waals surface area contributed by atoms with Gasteiger partial charge >= 0.3 is 0 Å². The van der Waals surface area contributed by atoms with Gasteiger partial charge in [-0.3, -0.25) is 5.43 Å². The van der Waals surface area contributed by atoms with Crippen molar-refractivity contribution < 1.29 is 9.47 Å². The Bertz CT molecular complexity index is 1110. The summed E-state index contributed by atoms with van der Waals surface area (Å²) in [4.78, 5) is 4.50. The Kier molecular flexibility index (Phi) is 6.07. The molecule has 4 rings (SSSR count). The lowest BCUT2D eigenvalue weighted by Gasteiger charge is -2.11. The molecule has 0 saturated carbocycles. The molecule has 146 valence electrons. The van der Waals surface area contributed by atoms with Crippen molar-refractivity contribution in [1.29, 1.82) is 0 Å². The first-order chi connectivity index (χ1) is 14.2. The molecule has 0 aliphatic heterocycles. The third-order valence-corrected chi connectivity index (χ3v) is 5.63. The molecule has 3 aromatic carbocycles. The SMILES string of the molecule is COc1cc(/C=N\Nc2nc3ccccc3s2)ccc1OCc1ccc(Br)cc1. The maximum absolute atomic E-state index is 5.91. The largest absolute Gasteiger partial charge is 0.493 e. The Hall–Kier alpha value is -2.90. The van der Waals surface area contributed by atoms with Gasteiger partial charge in [-0.2, -0.15) is 5.10 Å². The number of benzene rings is 3.